The van der Waals surface area contributed by atoms with Crippen LogP contribution in [0, 0.1) is 11.7 Å². The molecular formula is C35H57FN4O5. The van der Waals surface area contributed by atoms with Crippen molar-refractivity contribution in [2.45, 2.75) is 76.4 Å². The van der Waals surface area contributed by atoms with E-state index in [1.165, 1.54) is 43.7 Å². The van der Waals surface area contributed by atoms with Crippen LogP contribution in [-0.4, -0.2) is 88.9 Å². The molecule has 1 aliphatic carbocycles. The van der Waals surface area contributed by atoms with E-state index in [1.807, 2.05) is 12.1 Å². The molecule has 3 aliphatic rings. The van der Waals surface area contributed by atoms with Gasteiger partial charge in [-0.1, -0.05) is 56.4 Å². The van der Waals surface area contributed by atoms with Crippen molar-refractivity contribution < 1.29 is 28.9 Å². The van der Waals surface area contributed by atoms with Gasteiger partial charge in [-0.2, -0.15) is 0 Å². The molecule has 1 aromatic rings. The van der Waals surface area contributed by atoms with E-state index in [0.717, 1.165) is 90.8 Å². The van der Waals surface area contributed by atoms with Gasteiger partial charge in [-0.25, -0.2) is 4.39 Å². The number of nitrogens with one attached hydrogen (secondary N) is 3. The minimum Gasteiger partial charge on any atom is -0.490 e. The Morgan fingerprint density at radius 2 is 1.80 bits per heavy atom. The van der Waals surface area contributed by atoms with Gasteiger partial charge in [0.05, 0.1) is 0 Å². The van der Waals surface area contributed by atoms with E-state index in [1.54, 1.807) is 6.07 Å². The summed E-state index contributed by atoms with van der Waals surface area (Å²) >= 11 is 0. The first-order valence-electron chi connectivity index (χ1n) is 16.5. The van der Waals surface area contributed by atoms with E-state index in [4.69, 9.17) is 19.7 Å². The first-order chi connectivity index (χ1) is 22.1. The molecule has 1 aromatic carbocycles. The Kier molecular flexibility index (Phi) is 19.9. The highest BCUT2D eigenvalue weighted by atomic mass is 19.1. The first kappa shape index (κ1) is 38.3. The summed E-state index contributed by atoms with van der Waals surface area (Å²) in [5, 5.41) is 23.4. The first-order valence-corrected chi connectivity index (χ1v) is 16.5. The highest BCUT2D eigenvalue weighted by Gasteiger charge is 2.18. The lowest BCUT2D eigenvalue weighted by atomic mass is 9.86. The second-order valence-electron chi connectivity index (χ2n) is 11.6. The van der Waals surface area contributed by atoms with Crippen molar-refractivity contribution in [3.63, 3.8) is 0 Å². The van der Waals surface area contributed by atoms with Crippen LogP contribution in [0.15, 0.2) is 54.3 Å². The standard InChI is InChI=1S/C33H49FN4O3.2CH4O/c1-26(40-32-14-15-36-24-32)7-8-28(10-9-27-5-3-2-4-6-27)11-12-31(13-16-37-25-39)41-33-22-29(34)21-30(23-33)38-19-17-35-18-20-38;2*1-2/h7-8,10,21-23,25,27,31-32,35-36H,1-6,9,11-20,24H2,(H,37,39);2*2H,1H3/b8-7-,28-10+;;. The summed E-state index contributed by atoms with van der Waals surface area (Å²) in [6.45, 7) is 9.91. The summed E-state index contributed by atoms with van der Waals surface area (Å²) < 4.78 is 27.0. The molecule has 0 radical (unpaired) electrons. The number of halogens is 1. The molecule has 9 nitrogen and oxygen atoms in total. The highest BCUT2D eigenvalue weighted by Crippen LogP contribution is 2.29. The third-order valence-electron chi connectivity index (χ3n) is 8.34. The van der Waals surface area contributed by atoms with Crippen LogP contribution in [0.3, 0.4) is 0 Å². The van der Waals surface area contributed by atoms with Crippen LogP contribution in [0.4, 0.5) is 10.1 Å². The number of nitrogens with zero attached hydrogens (tertiary/aromatic N) is 1. The molecule has 5 N–H and O–H groups in total. The third kappa shape index (κ3) is 15.3. The van der Waals surface area contributed by atoms with Crippen LogP contribution in [-0.2, 0) is 9.53 Å². The summed E-state index contributed by atoms with van der Waals surface area (Å²) in [7, 11) is 2.00. The fraction of sp³-hybridized carbons (Fsp3) is 0.629. The van der Waals surface area contributed by atoms with Gasteiger partial charge in [0.25, 0.3) is 0 Å². The molecular weight excluding hydrogens is 575 g/mol. The van der Waals surface area contributed by atoms with Crippen molar-refractivity contribution in [1.82, 2.24) is 16.0 Å². The maximum absolute atomic E-state index is 14.6. The fourth-order valence-electron chi connectivity index (χ4n) is 5.98. The third-order valence-corrected chi connectivity index (χ3v) is 8.34. The van der Waals surface area contributed by atoms with E-state index in [9.17, 15) is 9.18 Å². The zero-order valence-electron chi connectivity index (χ0n) is 27.4. The van der Waals surface area contributed by atoms with Crippen LogP contribution in [0.2, 0.25) is 0 Å². The number of piperazine rings is 1. The van der Waals surface area contributed by atoms with E-state index in [2.05, 4.69) is 39.6 Å². The smallest absolute Gasteiger partial charge is 0.207 e. The number of hydrogen-bond acceptors (Lipinski definition) is 8. The molecule has 2 heterocycles. The summed E-state index contributed by atoms with van der Waals surface area (Å²) in [5.74, 6) is 1.67. The summed E-state index contributed by atoms with van der Waals surface area (Å²) in [6, 6.07) is 4.98. The zero-order valence-corrected chi connectivity index (χ0v) is 27.4. The zero-order chi connectivity index (χ0) is 32.7. The molecule has 2 aliphatic heterocycles. The minimum absolute atomic E-state index is 0.171. The topological polar surface area (TPSA) is 115 Å². The maximum Gasteiger partial charge on any atom is 0.207 e. The summed E-state index contributed by atoms with van der Waals surface area (Å²) in [4.78, 5) is 13.1. The number of carbonyl (C=O) groups is 1. The molecule has 0 bridgehead atoms. The maximum atomic E-state index is 14.6. The van der Waals surface area contributed by atoms with Gasteiger partial charge in [0.1, 0.15) is 29.5 Å². The van der Waals surface area contributed by atoms with Gasteiger partial charge in [0.15, 0.2) is 0 Å². The Morgan fingerprint density at radius 1 is 1.04 bits per heavy atom. The number of hydrogen-bond donors (Lipinski definition) is 5. The molecule has 10 heteroatoms. The van der Waals surface area contributed by atoms with E-state index in [0.29, 0.717) is 30.9 Å². The average molecular weight is 633 g/mol. The molecule has 254 valence electrons. The number of amides is 1. The number of aliphatic hydroxyl groups is 2. The Bertz CT molecular complexity index is 1020. The van der Waals surface area contributed by atoms with Crippen molar-refractivity contribution in [1.29, 1.82) is 0 Å². The molecule has 1 amide bonds. The second-order valence-corrected chi connectivity index (χ2v) is 11.6. The van der Waals surface area contributed by atoms with Gasteiger partial charge in [-0.05, 0) is 50.3 Å². The predicted molar refractivity (Wildman–Crippen MR) is 180 cm³/mol. The minimum atomic E-state index is -0.298. The molecule has 2 unspecified atom stereocenters. The monoisotopic (exact) mass is 632 g/mol. The number of anilines is 1. The fourth-order valence-corrected chi connectivity index (χ4v) is 5.98. The van der Waals surface area contributed by atoms with Crippen LogP contribution in [0.25, 0.3) is 0 Å². The predicted octanol–water partition coefficient (Wildman–Crippen LogP) is 4.46. The Balaban J connectivity index is 0.00000169. The molecule has 4 rings (SSSR count). The summed E-state index contributed by atoms with van der Waals surface area (Å²) in [6.07, 6.45) is 18.1. The van der Waals surface area contributed by atoms with E-state index in [-0.39, 0.29) is 18.0 Å². The van der Waals surface area contributed by atoms with E-state index >= 15 is 0 Å². The van der Waals surface area contributed by atoms with Gasteiger partial charge >= 0.3 is 0 Å². The SMILES string of the molecule is C=C(/C=C\C(=C/CC1CCCCC1)CCC(CCNC=O)Oc1cc(F)cc(N2CCNCC2)c1)OC1CCNC1.CO.CO. The molecule has 1 saturated carbocycles. The highest BCUT2D eigenvalue weighted by molar-refractivity contribution is 5.51. The van der Waals surface area contributed by atoms with E-state index < -0.39 is 0 Å². The van der Waals surface area contributed by atoms with Gasteiger partial charge in [0.2, 0.25) is 6.41 Å². The van der Waals surface area contributed by atoms with Gasteiger partial charge in [0, 0.05) is 77.7 Å². The van der Waals surface area contributed by atoms with Crippen molar-refractivity contribution in [3.8, 4) is 5.75 Å². The van der Waals surface area contributed by atoms with Crippen molar-refractivity contribution in [2.75, 3.05) is 64.9 Å². The Labute approximate surface area is 269 Å². The van der Waals surface area contributed by atoms with Crippen LogP contribution in [0.1, 0.15) is 64.2 Å². The molecule has 0 spiro atoms. The lowest BCUT2D eigenvalue weighted by Crippen LogP contribution is -2.43. The average Bonchev–Trinajstić information content (AvgIpc) is 3.60. The Morgan fingerprint density at radius 3 is 2.49 bits per heavy atom. The molecule has 0 aromatic heterocycles. The van der Waals surface area contributed by atoms with Crippen molar-refractivity contribution >= 4 is 12.1 Å². The summed E-state index contributed by atoms with van der Waals surface area (Å²) in [5.41, 5.74) is 2.08. The Hall–Kier alpha value is -2.92. The number of rotatable bonds is 16. The van der Waals surface area contributed by atoms with Crippen molar-refractivity contribution in [3.05, 3.63) is 60.2 Å². The number of ether oxygens (including phenoxy) is 2. The van der Waals surface area contributed by atoms with Gasteiger partial charge in [-0.15, -0.1) is 0 Å². The van der Waals surface area contributed by atoms with Gasteiger partial charge < -0.3 is 40.5 Å². The number of benzene rings is 1. The molecule has 2 atom stereocenters. The van der Waals surface area contributed by atoms with Crippen LogP contribution in [0.5, 0.6) is 5.75 Å². The molecule has 2 saturated heterocycles. The molecule has 3 fully saturated rings. The number of carbonyl (C=O) groups excluding carboxylic acids is 1. The van der Waals surface area contributed by atoms with Gasteiger partial charge in [-0.3, -0.25) is 4.79 Å². The van der Waals surface area contributed by atoms with Crippen LogP contribution >= 0.6 is 0 Å². The quantitative estimate of drug-likeness (QED) is 0.0786. The van der Waals surface area contributed by atoms with Crippen molar-refractivity contribution in [2.24, 2.45) is 5.92 Å². The normalized spacial score (nSPS) is 19.5. The lowest BCUT2D eigenvalue weighted by molar-refractivity contribution is -0.109. The lowest BCUT2D eigenvalue weighted by Gasteiger charge is -2.30. The number of allylic oxidation sites excluding steroid dienone is 4. The molecule has 45 heavy (non-hydrogen) atoms. The second kappa shape index (κ2) is 23.4. The largest absolute Gasteiger partial charge is 0.490 e. The number of aliphatic hydroxyl groups excluding tert-OH is 2. The van der Waals surface area contributed by atoms with Crippen LogP contribution < -0.4 is 25.6 Å².